The van der Waals surface area contributed by atoms with E-state index in [9.17, 15) is 14.4 Å². The highest BCUT2D eigenvalue weighted by Gasteiger charge is 2.26. The molecule has 0 spiro atoms. The summed E-state index contributed by atoms with van der Waals surface area (Å²) in [6.07, 6.45) is 0.738. The molecule has 26 heavy (non-hydrogen) atoms. The number of benzene rings is 2. The van der Waals surface area contributed by atoms with Crippen molar-refractivity contribution >= 4 is 45.0 Å². The van der Waals surface area contributed by atoms with Gasteiger partial charge in [-0.25, -0.2) is 0 Å². The van der Waals surface area contributed by atoms with Crippen molar-refractivity contribution in [1.82, 2.24) is 5.32 Å². The second kappa shape index (κ2) is 7.70. The third-order valence-electron chi connectivity index (χ3n) is 4.13. The smallest absolute Gasteiger partial charge is 0.251 e. The summed E-state index contributed by atoms with van der Waals surface area (Å²) in [4.78, 5) is 37.8. The summed E-state index contributed by atoms with van der Waals surface area (Å²) in [5.74, 6) is -0.741. The van der Waals surface area contributed by atoms with Crippen molar-refractivity contribution in [1.29, 1.82) is 0 Å². The second-order valence-electron chi connectivity index (χ2n) is 5.98. The monoisotopic (exact) mass is 415 g/mol. The molecule has 0 aliphatic carbocycles. The van der Waals surface area contributed by atoms with Crippen LogP contribution in [0.1, 0.15) is 22.8 Å². The van der Waals surface area contributed by atoms with Gasteiger partial charge in [-0.3, -0.25) is 14.4 Å². The molecule has 6 nitrogen and oxygen atoms in total. The largest absolute Gasteiger partial charge is 0.343 e. The van der Waals surface area contributed by atoms with E-state index < -0.39 is 0 Å². The van der Waals surface area contributed by atoms with Gasteiger partial charge in [0.1, 0.15) is 0 Å². The number of carbonyl (C=O) groups is 3. The van der Waals surface area contributed by atoms with Crippen LogP contribution in [-0.4, -0.2) is 30.8 Å². The Morgan fingerprint density at radius 1 is 1.15 bits per heavy atom. The van der Waals surface area contributed by atoms with Gasteiger partial charge in [0.15, 0.2) is 0 Å². The van der Waals surface area contributed by atoms with Crippen molar-refractivity contribution < 1.29 is 14.4 Å². The highest BCUT2D eigenvalue weighted by Crippen LogP contribution is 2.38. The van der Waals surface area contributed by atoms with Crippen molar-refractivity contribution in [3.8, 4) is 0 Å². The van der Waals surface area contributed by atoms with Crippen LogP contribution in [0.4, 0.5) is 11.4 Å². The van der Waals surface area contributed by atoms with Crippen LogP contribution in [-0.2, 0) is 16.0 Å². The topological polar surface area (TPSA) is 78.5 Å². The first-order chi connectivity index (χ1) is 12.5. The third kappa shape index (κ3) is 3.94. The number of carbonyl (C=O) groups excluding carboxylic acids is 3. The Kier molecular flexibility index (Phi) is 5.37. The maximum Gasteiger partial charge on any atom is 0.251 e. The number of halogens is 1. The van der Waals surface area contributed by atoms with Crippen molar-refractivity contribution in [3.63, 3.8) is 0 Å². The maximum atomic E-state index is 12.3. The zero-order chi connectivity index (χ0) is 18.7. The fourth-order valence-electron chi connectivity index (χ4n) is 2.97. The molecular weight excluding hydrogens is 398 g/mol. The van der Waals surface area contributed by atoms with Crippen molar-refractivity contribution in [2.24, 2.45) is 0 Å². The lowest BCUT2D eigenvalue weighted by molar-refractivity contribution is -0.117. The molecule has 3 rings (SSSR count). The van der Waals surface area contributed by atoms with E-state index in [2.05, 4.69) is 26.6 Å². The molecule has 1 aliphatic rings. The summed E-state index contributed by atoms with van der Waals surface area (Å²) in [6.45, 7) is 1.94. The van der Waals surface area contributed by atoms with Crippen LogP contribution in [0.2, 0.25) is 0 Å². The van der Waals surface area contributed by atoms with Crippen LogP contribution in [0, 0.1) is 0 Å². The number of hydrogen-bond acceptors (Lipinski definition) is 3. The number of fused-ring (bicyclic) bond motifs is 1. The maximum absolute atomic E-state index is 12.3. The molecule has 3 amide bonds. The molecule has 0 fully saturated rings. The first-order valence-electron chi connectivity index (χ1n) is 8.19. The summed E-state index contributed by atoms with van der Waals surface area (Å²) < 4.78 is 0.824. The Morgan fingerprint density at radius 3 is 2.58 bits per heavy atom. The summed E-state index contributed by atoms with van der Waals surface area (Å²) in [7, 11) is 0. The van der Waals surface area contributed by atoms with E-state index in [-0.39, 0.29) is 24.3 Å². The molecule has 134 valence electrons. The average molecular weight is 416 g/mol. The van der Waals surface area contributed by atoms with E-state index in [1.165, 1.54) is 6.92 Å². The molecule has 0 bridgehead atoms. The van der Waals surface area contributed by atoms with E-state index in [1.54, 1.807) is 35.2 Å². The molecule has 0 saturated carbocycles. The summed E-state index contributed by atoms with van der Waals surface area (Å²) in [6, 6.07) is 12.4. The van der Waals surface area contributed by atoms with E-state index in [4.69, 9.17) is 0 Å². The zero-order valence-electron chi connectivity index (χ0n) is 14.2. The number of hydrogen-bond donors (Lipinski definition) is 2. The lowest BCUT2D eigenvalue weighted by Gasteiger charge is -2.19. The van der Waals surface area contributed by atoms with Crippen LogP contribution in [0.15, 0.2) is 46.9 Å². The molecule has 0 unspecified atom stereocenters. The Balaban J connectivity index is 1.70. The normalized spacial score (nSPS) is 12.5. The Labute approximate surface area is 159 Å². The van der Waals surface area contributed by atoms with E-state index in [1.807, 2.05) is 12.1 Å². The van der Waals surface area contributed by atoms with Gasteiger partial charge in [-0.15, -0.1) is 0 Å². The van der Waals surface area contributed by atoms with Gasteiger partial charge < -0.3 is 15.5 Å². The fraction of sp³-hybridized carbons (Fsp3) is 0.211. The van der Waals surface area contributed by atoms with Crippen molar-refractivity contribution in [2.75, 3.05) is 23.3 Å². The molecule has 2 aromatic carbocycles. The van der Waals surface area contributed by atoms with Crippen LogP contribution in [0.3, 0.4) is 0 Å². The van der Waals surface area contributed by atoms with Gasteiger partial charge in [-0.1, -0.05) is 34.1 Å². The van der Waals surface area contributed by atoms with E-state index in [0.29, 0.717) is 17.8 Å². The first kappa shape index (κ1) is 18.1. The minimum absolute atomic E-state index is 0.0704. The molecule has 2 aromatic rings. The highest BCUT2D eigenvalue weighted by molar-refractivity contribution is 9.10. The standard InChI is InChI=1S/C19H18BrN3O3/c1-12(24)23-8-7-14-9-15(20)10-16(18(14)23)22-17(25)11-21-19(26)13-5-3-2-4-6-13/h2-6,9-10H,7-8,11H2,1H3,(H,21,26)(H,22,25). The van der Waals surface area contributed by atoms with Gasteiger partial charge in [0.2, 0.25) is 11.8 Å². The first-order valence-corrected chi connectivity index (χ1v) is 8.98. The molecule has 0 radical (unpaired) electrons. The van der Waals surface area contributed by atoms with Gasteiger partial charge in [-0.2, -0.15) is 0 Å². The quantitative estimate of drug-likeness (QED) is 0.805. The number of nitrogens with one attached hydrogen (secondary N) is 2. The molecule has 1 heterocycles. The minimum atomic E-state index is -0.356. The number of rotatable bonds is 4. The number of anilines is 2. The summed E-state index contributed by atoms with van der Waals surface area (Å²) >= 11 is 3.43. The second-order valence-corrected chi connectivity index (χ2v) is 6.89. The van der Waals surface area contributed by atoms with E-state index in [0.717, 1.165) is 22.1 Å². The third-order valence-corrected chi connectivity index (χ3v) is 4.59. The number of amides is 3. The summed E-state index contributed by atoms with van der Waals surface area (Å²) in [5.41, 5.74) is 2.77. The predicted molar refractivity (Wildman–Crippen MR) is 103 cm³/mol. The average Bonchev–Trinajstić information content (AvgIpc) is 3.04. The van der Waals surface area contributed by atoms with Crippen LogP contribution < -0.4 is 15.5 Å². The van der Waals surface area contributed by atoms with E-state index >= 15 is 0 Å². The van der Waals surface area contributed by atoms with Gasteiger partial charge in [0.05, 0.1) is 17.9 Å². The van der Waals surface area contributed by atoms with Gasteiger partial charge in [-0.05, 0) is 36.2 Å². The number of nitrogens with zero attached hydrogens (tertiary/aromatic N) is 1. The summed E-state index contributed by atoms with van der Waals surface area (Å²) in [5, 5.41) is 5.39. The highest BCUT2D eigenvalue weighted by atomic mass is 79.9. The van der Waals surface area contributed by atoms with Crippen LogP contribution >= 0.6 is 15.9 Å². The lowest BCUT2D eigenvalue weighted by atomic mass is 10.1. The zero-order valence-corrected chi connectivity index (χ0v) is 15.8. The predicted octanol–water partition coefficient (Wildman–Crippen LogP) is 2.73. The Bertz CT molecular complexity index is 868. The Hall–Kier alpha value is -2.67. The minimum Gasteiger partial charge on any atom is -0.343 e. The molecule has 0 saturated heterocycles. The van der Waals surface area contributed by atoms with Crippen molar-refractivity contribution in [2.45, 2.75) is 13.3 Å². The Morgan fingerprint density at radius 2 is 1.88 bits per heavy atom. The lowest BCUT2D eigenvalue weighted by Crippen LogP contribution is -2.33. The molecule has 0 aromatic heterocycles. The van der Waals surface area contributed by atoms with Gasteiger partial charge in [0.25, 0.3) is 5.91 Å². The van der Waals surface area contributed by atoms with Gasteiger partial charge in [0, 0.05) is 23.5 Å². The van der Waals surface area contributed by atoms with Crippen molar-refractivity contribution in [3.05, 3.63) is 58.1 Å². The van der Waals surface area contributed by atoms with Crippen LogP contribution in [0.25, 0.3) is 0 Å². The molecular formula is C19H18BrN3O3. The molecule has 7 heteroatoms. The fourth-order valence-corrected chi connectivity index (χ4v) is 3.47. The van der Waals surface area contributed by atoms with Crippen LogP contribution in [0.5, 0.6) is 0 Å². The van der Waals surface area contributed by atoms with Gasteiger partial charge >= 0.3 is 0 Å². The molecule has 0 atom stereocenters. The SMILES string of the molecule is CC(=O)N1CCc2cc(Br)cc(NC(=O)CNC(=O)c3ccccc3)c21. The molecule has 2 N–H and O–H groups in total. The molecule has 1 aliphatic heterocycles.